The maximum atomic E-state index is 11.1. The molecule has 0 saturated carbocycles. The summed E-state index contributed by atoms with van der Waals surface area (Å²) >= 11 is 0. The lowest BCUT2D eigenvalue weighted by Gasteiger charge is -2.38. The second-order valence-electron chi connectivity index (χ2n) is 6.44. The van der Waals surface area contributed by atoms with Gasteiger partial charge in [0.05, 0.1) is 11.6 Å². The van der Waals surface area contributed by atoms with Crippen LogP contribution in [0, 0.1) is 12.8 Å². The molecule has 2 aliphatic rings. The SMILES string of the molecule is Cc1cccc2c1N[C@H](c1ccc(C(=O)O)cc1)[C@H]1CC=C[C@@H]21. The average Bonchev–Trinajstić information content (AvgIpc) is 3.04. The van der Waals surface area contributed by atoms with Gasteiger partial charge in [0, 0.05) is 11.6 Å². The summed E-state index contributed by atoms with van der Waals surface area (Å²) in [6.07, 6.45) is 5.64. The molecule has 3 nitrogen and oxygen atoms in total. The summed E-state index contributed by atoms with van der Waals surface area (Å²) in [6.45, 7) is 2.13. The molecular formula is C20H19NO2. The molecule has 0 radical (unpaired) electrons. The fourth-order valence-corrected chi connectivity index (χ4v) is 3.94. The molecule has 1 aliphatic heterocycles. The van der Waals surface area contributed by atoms with Crippen molar-refractivity contribution in [2.24, 2.45) is 5.92 Å². The van der Waals surface area contributed by atoms with Crippen LogP contribution in [0.25, 0.3) is 0 Å². The van der Waals surface area contributed by atoms with Crippen LogP contribution in [0.4, 0.5) is 5.69 Å². The van der Waals surface area contributed by atoms with E-state index in [9.17, 15) is 4.79 Å². The summed E-state index contributed by atoms with van der Waals surface area (Å²) in [4.78, 5) is 11.1. The lowest BCUT2D eigenvalue weighted by Crippen LogP contribution is -2.29. The van der Waals surface area contributed by atoms with Crippen LogP contribution in [0.15, 0.2) is 54.6 Å². The number of fused-ring (bicyclic) bond motifs is 3. The maximum absolute atomic E-state index is 11.1. The van der Waals surface area contributed by atoms with E-state index in [0.29, 0.717) is 17.4 Å². The van der Waals surface area contributed by atoms with Gasteiger partial charge in [-0.1, -0.05) is 42.5 Å². The number of aromatic carboxylic acids is 1. The zero-order valence-electron chi connectivity index (χ0n) is 13.0. The molecule has 0 fully saturated rings. The predicted molar refractivity (Wildman–Crippen MR) is 90.9 cm³/mol. The van der Waals surface area contributed by atoms with Gasteiger partial charge in [-0.05, 0) is 48.1 Å². The van der Waals surface area contributed by atoms with Crippen molar-refractivity contribution in [1.82, 2.24) is 0 Å². The Balaban J connectivity index is 1.75. The summed E-state index contributed by atoms with van der Waals surface area (Å²) < 4.78 is 0. The molecule has 2 N–H and O–H groups in total. The van der Waals surface area contributed by atoms with Gasteiger partial charge >= 0.3 is 5.97 Å². The van der Waals surface area contributed by atoms with Crippen molar-refractivity contribution in [2.75, 3.05) is 5.32 Å². The number of benzene rings is 2. The molecule has 1 aliphatic carbocycles. The van der Waals surface area contributed by atoms with E-state index in [0.717, 1.165) is 12.0 Å². The molecule has 3 heteroatoms. The first-order valence-electron chi connectivity index (χ1n) is 8.01. The predicted octanol–water partition coefficient (Wildman–Crippen LogP) is 4.52. The van der Waals surface area contributed by atoms with Crippen LogP contribution in [0.2, 0.25) is 0 Å². The first kappa shape index (κ1) is 14.1. The summed E-state index contributed by atoms with van der Waals surface area (Å²) in [6, 6.07) is 14.0. The molecule has 4 rings (SSSR count). The minimum absolute atomic E-state index is 0.214. The van der Waals surface area contributed by atoms with Crippen molar-refractivity contribution >= 4 is 11.7 Å². The first-order valence-corrected chi connectivity index (χ1v) is 8.01. The number of nitrogens with one attached hydrogen (secondary N) is 1. The quantitative estimate of drug-likeness (QED) is 0.802. The molecule has 2 aromatic rings. The van der Waals surface area contributed by atoms with Crippen LogP contribution in [-0.4, -0.2) is 11.1 Å². The highest BCUT2D eigenvalue weighted by Gasteiger charge is 2.38. The van der Waals surface area contributed by atoms with Gasteiger partial charge in [0.15, 0.2) is 0 Å². The zero-order valence-corrected chi connectivity index (χ0v) is 13.0. The number of para-hydroxylation sites is 1. The Kier molecular flexibility index (Phi) is 3.22. The van der Waals surface area contributed by atoms with E-state index >= 15 is 0 Å². The van der Waals surface area contributed by atoms with Gasteiger partial charge in [-0.15, -0.1) is 0 Å². The van der Waals surface area contributed by atoms with Crippen LogP contribution in [-0.2, 0) is 0 Å². The van der Waals surface area contributed by atoms with Crippen LogP contribution < -0.4 is 5.32 Å². The van der Waals surface area contributed by atoms with Gasteiger partial charge in [0.2, 0.25) is 0 Å². The fourth-order valence-electron chi connectivity index (χ4n) is 3.94. The van der Waals surface area contributed by atoms with Crippen molar-refractivity contribution in [3.05, 3.63) is 76.9 Å². The highest BCUT2D eigenvalue weighted by atomic mass is 16.4. The van der Waals surface area contributed by atoms with Gasteiger partial charge in [0.25, 0.3) is 0 Å². The fraction of sp³-hybridized carbons (Fsp3) is 0.250. The minimum Gasteiger partial charge on any atom is -0.478 e. The highest BCUT2D eigenvalue weighted by molar-refractivity contribution is 5.87. The summed E-state index contributed by atoms with van der Waals surface area (Å²) in [5.41, 5.74) is 5.35. The third-order valence-electron chi connectivity index (χ3n) is 5.12. The third kappa shape index (κ3) is 2.24. The Bertz CT molecular complexity index is 792. The van der Waals surface area contributed by atoms with Gasteiger partial charge in [0.1, 0.15) is 0 Å². The maximum Gasteiger partial charge on any atom is 0.335 e. The summed E-state index contributed by atoms with van der Waals surface area (Å²) in [5.74, 6) is 0.0463. The van der Waals surface area contributed by atoms with Crippen LogP contribution >= 0.6 is 0 Å². The molecule has 0 bridgehead atoms. The highest BCUT2D eigenvalue weighted by Crippen LogP contribution is 2.50. The Hall–Kier alpha value is -2.55. The van der Waals surface area contributed by atoms with Crippen LogP contribution in [0.3, 0.4) is 0 Å². The number of carbonyl (C=O) groups is 1. The topological polar surface area (TPSA) is 49.3 Å². The second kappa shape index (κ2) is 5.27. The molecular weight excluding hydrogens is 286 g/mol. The van der Waals surface area contributed by atoms with Crippen LogP contribution in [0.5, 0.6) is 0 Å². The molecule has 23 heavy (non-hydrogen) atoms. The molecule has 0 aromatic heterocycles. The Morgan fingerprint density at radius 1 is 1.17 bits per heavy atom. The van der Waals surface area contributed by atoms with Crippen molar-refractivity contribution in [3.63, 3.8) is 0 Å². The number of carboxylic acid groups (broad SMARTS) is 1. The van der Waals surface area contributed by atoms with E-state index in [4.69, 9.17) is 5.11 Å². The lowest BCUT2D eigenvalue weighted by molar-refractivity contribution is 0.0697. The van der Waals surface area contributed by atoms with Gasteiger partial charge in [-0.25, -0.2) is 4.79 Å². The van der Waals surface area contributed by atoms with E-state index in [-0.39, 0.29) is 6.04 Å². The zero-order chi connectivity index (χ0) is 16.0. The lowest BCUT2D eigenvalue weighted by atomic mass is 9.76. The van der Waals surface area contributed by atoms with Gasteiger partial charge < -0.3 is 10.4 Å². The Labute approximate surface area is 135 Å². The molecule has 0 spiro atoms. The van der Waals surface area contributed by atoms with E-state index in [2.05, 4.69) is 42.6 Å². The van der Waals surface area contributed by atoms with E-state index < -0.39 is 5.97 Å². The second-order valence-corrected chi connectivity index (χ2v) is 6.44. The largest absolute Gasteiger partial charge is 0.478 e. The Morgan fingerprint density at radius 3 is 2.70 bits per heavy atom. The molecule has 0 unspecified atom stereocenters. The number of carboxylic acids is 1. The van der Waals surface area contributed by atoms with E-state index in [1.54, 1.807) is 12.1 Å². The molecule has 116 valence electrons. The third-order valence-corrected chi connectivity index (χ3v) is 5.12. The molecule has 1 heterocycles. The van der Waals surface area contributed by atoms with Crippen LogP contribution in [0.1, 0.15) is 45.4 Å². The minimum atomic E-state index is -0.880. The monoisotopic (exact) mass is 305 g/mol. The van der Waals surface area contributed by atoms with E-state index in [1.807, 2.05) is 12.1 Å². The van der Waals surface area contributed by atoms with Gasteiger partial charge in [-0.3, -0.25) is 0 Å². The molecule has 0 saturated heterocycles. The van der Waals surface area contributed by atoms with Gasteiger partial charge in [-0.2, -0.15) is 0 Å². The number of anilines is 1. The first-order chi connectivity index (χ1) is 11.1. The van der Waals surface area contributed by atoms with Crippen molar-refractivity contribution in [1.29, 1.82) is 0 Å². The van der Waals surface area contributed by atoms with E-state index in [1.165, 1.54) is 16.8 Å². The molecule has 3 atom stereocenters. The number of rotatable bonds is 2. The van der Waals surface area contributed by atoms with Crippen molar-refractivity contribution in [2.45, 2.75) is 25.3 Å². The average molecular weight is 305 g/mol. The number of hydrogen-bond acceptors (Lipinski definition) is 2. The molecule has 0 amide bonds. The van der Waals surface area contributed by atoms with Crippen molar-refractivity contribution in [3.8, 4) is 0 Å². The number of allylic oxidation sites excluding steroid dienone is 2. The standard InChI is InChI=1S/C20H19NO2/c1-12-4-2-6-16-15-5-3-7-17(15)19(21-18(12)16)13-8-10-14(11-9-13)20(22)23/h2-6,8-11,15,17,19,21H,7H2,1H3,(H,22,23)/t15-,17-,19+/m0/s1. The summed E-state index contributed by atoms with van der Waals surface area (Å²) in [7, 11) is 0. The Morgan fingerprint density at radius 2 is 1.96 bits per heavy atom. The number of hydrogen-bond donors (Lipinski definition) is 2. The molecule has 2 aromatic carbocycles. The smallest absolute Gasteiger partial charge is 0.335 e. The normalized spacial score (nSPS) is 24.7. The van der Waals surface area contributed by atoms with Crippen molar-refractivity contribution < 1.29 is 9.90 Å². The summed E-state index contributed by atoms with van der Waals surface area (Å²) in [5, 5.41) is 12.8. The number of aryl methyl sites for hydroxylation is 1.